The third-order valence-corrected chi connectivity index (χ3v) is 3.03. The summed E-state index contributed by atoms with van der Waals surface area (Å²) in [4.78, 5) is 46.4. The maximum atomic E-state index is 11.8. The standard InChI is InChI=1S/C11H11N5O5/c1-14-9(17)10(18)15(11(14)19)5-6-4-7(16(20)21)2-3-8(6)13-12/h2-4,13H,5,12H2,1H3. The number of nitrogens with zero attached hydrogens (tertiary/aromatic N) is 3. The highest BCUT2D eigenvalue weighted by Gasteiger charge is 2.42. The van der Waals surface area contributed by atoms with Crippen LogP contribution < -0.4 is 11.3 Å². The summed E-state index contributed by atoms with van der Waals surface area (Å²) < 4.78 is 0. The summed E-state index contributed by atoms with van der Waals surface area (Å²) >= 11 is 0. The van der Waals surface area contributed by atoms with E-state index >= 15 is 0 Å². The van der Waals surface area contributed by atoms with Crippen LogP contribution in [0, 0.1) is 10.1 Å². The minimum absolute atomic E-state index is 0.220. The van der Waals surface area contributed by atoms with Gasteiger partial charge in [-0.3, -0.25) is 35.3 Å². The number of rotatable bonds is 4. The fraction of sp³-hybridized carbons (Fsp3) is 0.182. The first-order chi connectivity index (χ1) is 9.86. The number of carbonyl (C=O) groups is 3. The van der Waals surface area contributed by atoms with Crippen molar-refractivity contribution >= 4 is 29.2 Å². The SMILES string of the molecule is CN1C(=O)C(=O)N(Cc2cc([N+](=O)[O-])ccc2NN)C1=O. The highest BCUT2D eigenvalue weighted by atomic mass is 16.6. The maximum Gasteiger partial charge on any atom is 0.334 e. The number of nitrogens with one attached hydrogen (secondary N) is 1. The molecule has 1 aromatic carbocycles. The van der Waals surface area contributed by atoms with Gasteiger partial charge in [-0.1, -0.05) is 0 Å². The number of likely N-dealkylation sites (N-methyl/N-ethyl adjacent to an activating group) is 1. The van der Waals surface area contributed by atoms with Gasteiger partial charge >= 0.3 is 17.8 Å². The van der Waals surface area contributed by atoms with Crippen molar-refractivity contribution in [2.45, 2.75) is 6.54 Å². The normalized spacial score (nSPS) is 14.9. The number of nitro benzene ring substituents is 1. The minimum atomic E-state index is -0.989. The number of carbonyl (C=O) groups excluding carboxylic acids is 3. The molecule has 1 saturated heterocycles. The summed E-state index contributed by atoms with van der Waals surface area (Å²) in [6.07, 6.45) is 0. The van der Waals surface area contributed by atoms with Crippen molar-refractivity contribution in [3.63, 3.8) is 0 Å². The molecule has 10 heteroatoms. The van der Waals surface area contributed by atoms with Crippen LogP contribution in [-0.4, -0.2) is 39.6 Å². The highest BCUT2D eigenvalue weighted by molar-refractivity contribution is 6.44. The Bertz CT molecular complexity index is 658. The van der Waals surface area contributed by atoms with E-state index in [1.165, 1.54) is 25.2 Å². The number of hydrogen-bond donors (Lipinski definition) is 2. The van der Waals surface area contributed by atoms with Gasteiger partial charge in [0.2, 0.25) is 0 Å². The van der Waals surface area contributed by atoms with E-state index in [1.54, 1.807) is 0 Å². The summed E-state index contributed by atoms with van der Waals surface area (Å²) in [6, 6.07) is 2.96. The second-order valence-corrected chi connectivity index (χ2v) is 4.28. The molecule has 1 aromatic rings. The molecule has 3 N–H and O–H groups in total. The van der Waals surface area contributed by atoms with Crippen LogP contribution in [-0.2, 0) is 16.1 Å². The fourth-order valence-corrected chi connectivity index (χ4v) is 1.89. The lowest BCUT2D eigenvalue weighted by Gasteiger charge is -2.15. The highest BCUT2D eigenvalue weighted by Crippen LogP contribution is 2.24. The molecular formula is C11H11N5O5. The smallest absolute Gasteiger partial charge is 0.324 e. The van der Waals surface area contributed by atoms with Gasteiger partial charge in [0.15, 0.2) is 0 Å². The molecule has 1 heterocycles. The second kappa shape index (κ2) is 5.17. The van der Waals surface area contributed by atoms with Crippen molar-refractivity contribution in [1.82, 2.24) is 9.80 Å². The predicted molar refractivity (Wildman–Crippen MR) is 69.6 cm³/mol. The topological polar surface area (TPSA) is 139 Å². The molecule has 0 radical (unpaired) electrons. The summed E-state index contributed by atoms with van der Waals surface area (Å²) in [5.74, 6) is 3.35. The third-order valence-electron chi connectivity index (χ3n) is 3.03. The molecule has 21 heavy (non-hydrogen) atoms. The molecule has 0 aliphatic carbocycles. The summed E-state index contributed by atoms with van der Waals surface area (Å²) in [7, 11) is 1.18. The average molecular weight is 293 g/mol. The second-order valence-electron chi connectivity index (χ2n) is 4.28. The van der Waals surface area contributed by atoms with Crippen molar-refractivity contribution in [3.8, 4) is 0 Å². The molecule has 0 saturated carbocycles. The number of imide groups is 2. The van der Waals surface area contributed by atoms with E-state index in [0.29, 0.717) is 15.5 Å². The Morgan fingerprint density at radius 2 is 1.95 bits per heavy atom. The Morgan fingerprint density at radius 3 is 2.43 bits per heavy atom. The molecule has 10 nitrogen and oxygen atoms in total. The van der Waals surface area contributed by atoms with E-state index in [2.05, 4.69) is 5.43 Å². The van der Waals surface area contributed by atoms with Gasteiger partial charge in [-0.05, 0) is 6.07 Å². The van der Waals surface area contributed by atoms with Crippen LogP contribution in [0.1, 0.15) is 5.56 Å². The van der Waals surface area contributed by atoms with Crippen molar-refractivity contribution < 1.29 is 19.3 Å². The molecule has 0 bridgehead atoms. The lowest BCUT2D eigenvalue weighted by Crippen LogP contribution is -2.31. The number of nitro groups is 1. The van der Waals surface area contributed by atoms with Gasteiger partial charge in [0.1, 0.15) is 0 Å². The van der Waals surface area contributed by atoms with Crippen molar-refractivity contribution in [1.29, 1.82) is 0 Å². The van der Waals surface area contributed by atoms with Crippen LogP contribution in [0.5, 0.6) is 0 Å². The first kappa shape index (κ1) is 14.4. The zero-order chi connectivity index (χ0) is 15.7. The number of nitrogen functional groups attached to an aromatic ring is 1. The molecule has 0 atom stereocenters. The predicted octanol–water partition coefficient (Wildman–Crippen LogP) is -0.199. The summed E-state index contributed by atoms with van der Waals surface area (Å²) in [6.45, 7) is -0.297. The van der Waals surface area contributed by atoms with Crippen LogP contribution in [0.25, 0.3) is 0 Å². The number of benzene rings is 1. The summed E-state index contributed by atoms with van der Waals surface area (Å²) in [5, 5.41) is 10.8. The minimum Gasteiger partial charge on any atom is -0.324 e. The van der Waals surface area contributed by atoms with Crippen molar-refractivity contribution in [3.05, 3.63) is 33.9 Å². The summed E-state index contributed by atoms with van der Waals surface area (Å²) in [5.41, 5.74) is 2.65. The van der Waals surface area contributed by atoms with Crippen molar-refractivity contribution in [2.75, 3.05) is 12.5 Å². The molecule has 2 rings (SSSR count). The molecule has 4 amide bonds. The molecule has 1 aliphatic rings. The van der Waals surface area contributed by atoms with Gasteiger partial charge < -0.3 is 5.43 Å². The number of nitrogens with two attached hydrogens (primary N) is 1. The first-order valence-electron chi connectivity index (χ1n) is 5.74. The molecule has 0 aromatic heterocycles. The Labute approximate surface area is 118 Å². The van der Waals surface area contributed by atoms with Gasteiger partial charge in [-0.15, -0.1) is 0 Å². The molecule has 1 fully saturated rings. The molecule has 0 unspecified atom stereocenters. The van der Waals surface area contributed by atoms with Gasteiger partial charge in [0.05, 0.1) is 17.2 Å². The van der Waals surface area contributed by atoms with Crippen LogP contribution >= 0.6 is 0 Å². The Balaban J connectivity index is 2.37. The number of hydrazine groups is 1. The number of hydrogen-bond acceptors (Lipinski definition) is 7. The Kier molecular flexibility index (Phi) is 3.54. The van der Waals surface area contributed by atoms with Crippen LogP contribution in [0.3, 0.4) is 0 Å². The van der Waals surface area contributed by atoms with E-state index in [1.807, 2.05) is 0 Å². The van der Waals surface area contributed by atoms with E-state index in [4.69, 9.17) is 5.84 Å². The third kappa shape index (κ3) is 2.39. The van der Waals surface area contributed by atoms with Gasteiger partial charge in [-0.2, -0.15) is 0 Å². The van der Waals surface area contributed by atoms with E-state index in [0.717, 1.165) is 0 Å². The number of non-ortho nitro benzene ring substituents is 1. The Hall–Kier alpha value is -3.01. The number of anilines is 1. The van der Waals surface area contributed by atoms with E-state index in [-0.39, 0.29) is 17.8 Å². The van der Waals surface area contributed by atoms with Crippen LogP contribution in [0.15, 0.2) is 18.2 Å². The fourth-order valence-electron chi connectivity index (χ4n) is 1.89. The van der Waals surface area contributed by atoms with Crippen LogP contribution in [0.4, 0.5) is 16.2 Å². The number of urea groups is 1. The zero-order valence-electron chi connectivity index (χ0n) is 10.9. The average Bonchev–Trinajstić information content (AvgIpc) is 2.65. The lowest BCUT2D eigenvalue weighted by atomic mass is 10.1. The molecular weight excluding hydrogens is 282 g/mol. The first-order valence-corrected chi connectivity index (χ1v) is 5.74. The zero-order valence-corrected chi connectivity index (χ0v) is 10.9. The van der Waals surface area contributed by atoms with E-state index < -0.39 is 22.8 Å². The number of amides is 4. The molecule has 1 aliphatic heterocycles. The largest absolute Gasteiger partial charge is 0.334 e. The monoisotopic (exact) mass is 293 g/mol. The van der Waals surface area contributed by atoms with Gasteiger partial charge in [0.25, 0.3) is 5.69 Å². The molecule has 110 valence electrons. The molecule has 0 spiro atoms. The Morgan fingerprint density at radius 1 is 1.29 bits per heavy atom. The van der Waals surface area contributed by atoms with E-state index in [9.17, 15) is 24.5 Å². The quantitative estimate of drug-likeness (QED) is 0.257. The van der Waals surface area contributed by atoms with Crippen LogP contribution in [0.2, 0.25) is 0 Å². The maximum absolute atomic E-state index is 11.8. The lowest BCUT2D eigenvalue weighted by molar-refractivity contribution is -0.384. The van der Waals surface area contributed by atoms with Crippen molar-refractivity contribution in [2.24, 2.45) is 5.84 Å². The van der Waals surface area contributed by atoms with Gasteiger partial charge in [0, 0.05) is 24.7 Å². The van der Waals surface area contributed by atoms with Gasteiger partial charge in [-0.25, -0.2) is 4.79 Å².